The number of aliphatic hydroxyl groups excluding tert-OH is 2. The van der Waals surface area contributed by atoms with E-state index in [4.69, 9.17) is 57.5 Å². The summed E-state index contributed by atoms with van der Waals surface area (Å²) >= 11 is 19.3. The number of ether oxygens (including phenoxy) is 6. The molecule has 3 aromatic heterocycles. The summed E-state index contributed by atoms with van der Waals surface area (Å²) in [5.74, 6) is 3.15. The fourth-order valence-electron chi connectivity index (χ4n) is 11.0. The highest BCUT2D eigenvalue weighted by Gasteiger charge is 2.55. The van der Waals surface area contributed by atoms with Gasteiger partial charge in [0.1, 0.15) is 96.9 Å². The standard InChI is InChI=1S/C27H24BrClF6N6O4.C25H25BrF3N5O5.C10H9ClF3NS/c1-11-5-13(6-16(30)21(11)28)17-8-40(39-37-17)22-23(43)19(9-42)45-25(24(22)44-10-20(31)32)26-38-36-12(2)41(26)18-7-14(29)3-4-15(18)27(33,34)35;1-12-7-14(8-15(27)19(12)26)16-9-34(33-32-16)20-21-17(10-37-25(39-21)13-5-3-2-4-6-13)38-23(24(35)31-30)22(20)36-11-18(28)29;1-6(16-2)15-9-5-7(11)3-4-8(9)10(12,13)14/h3-8,19-20,22-25,42-43H,9-10H2,1-2H3;2-9,17-18,20-23,25H,10-11,30H2,1H3,(H,31,35);3-5H,1-2H3/t19-,22+,23+,24-,25-;17-,20+,21+,22-,23-,25?;/m11./s1. The predicted molar refractivity (Wildman–Crippen MR) is 346 cm³/mol. The number of aromatic nitrogens is 9. The van der Waals surface area contributed by atoms with Gasteiger partial charge in [-0.05, 0) is 138 Å². The van der Waals surface area contributed by atoms with E-state index in [9.17, 15) is 67.7 Å². The third kappa shape index (κ3) is 18.0. The second kappa shape index (κ2) is 33.2. The second-order valence-electron chi connectivity index (χ2n) is 22.3. The summed E-state index contributed by atoms with van der Waals surface area (Å²) in [6.45, 7) is 3.45. The average molecular weight is 1610 g/mol. The number of alkyl halides is 10. The van der Waals surface area contributed by atoms with Crippen LogP contribution < -0.4 is 11.3 Å². The molecule has 11 rings (SSSR count). The van der Waals surface area contributed by atoms with Gasteiger partial charge in [-0.1, -0.05) is 64.0 Å². The third-order valence-corrected chi connectivity index (χ3v) is 18.8. The van der Waals surface area contributed by atoms with Crippen molar-refractivity contribution in [2.45, 2.75) is 120 Å². The molecule has 3 aliphatic heterocycles. The molecule has 1 unspecified atom stereocenters. The zero-order valence-electron chi connectivity index (χ0n) is 52.4. The number of amides is 1. The quantitative estimate of drug-likeness (QED) is 0.0175. The molecule has 11 atom stereocenters. The van der Waals surface area contributed by atoms with E-state index in [-0.39, 0.29) is 44.2 Å². The predicted octanol–water partition coefficient (Wildman–Crippen LogP) is 13.4. The zero-order chi connectivity index (χ0) is 72.8. The summed E-state index contributed by atoms with van der Waals surface area (Å²) in [7, 11) is 0. The number of nitrogens with two attached hydrogens (primary N) is 1. The summed E-state index contributed by atoms with van der Waals surface area (Å²) in [5, 5.41) is 46.5. The molecular weight excluding hydrogens is 1550 g/mol. The molecule has 538 valence electrons. The van der Waals surface area contributed by atoms with Crippen molar-refractivity contribution in [2.24, 2.45) is 10.8 Å². The van der Waals surface area contributed by atoms with Crippen LogP contribution in [0.3, 0.4) is 0 Å². The molecule has 1 amide bonds. The Kier molecular flexibility index (Phi) is 25.7. The fraction of sp³-hybridized carbons (Fsp3) is 0.387. The molecule has 0 bridgehead atoms. The molecule has 5 aromatic carbocycles. The number of rotatable bonds is 16. The van der Waals surface area contributed by atoms with Gasteiger partial charge in [-0.25, -0.2) is 46.5 Å². The first-order chi connectivity index (χ1) is 47.3. The maximum atomic E-state index is 14.5. The van der Waals surface area contributed by atoms with Crippen molar-refractivity contribution in [1.82, 2.24) is 50.2 Å². The van der Waals surface area contributed by atoms with Crippen LogP contribution in [0.4, 0.5) is 58.4 Å². The number of hydrogen-bond donors (Lipinski definition) is 4. The van der Waals surface area contributed by atoms with Crippen molar-refractivity contribution in [3.63, 3.8) is 0 Å². The normalized spacial score (nSPS) is 22.6. The first-order valence-corrected chi connectivity index (χ1v) is 33.1. The minimum absolute atomic E-state index is 0.0231. The van der Waals surface area contributed by atoms with Crippen LogP contribution in [0.1, 0.15) is 70.9 Å². The van der Waals surface area contributed by atoms with E-state index in [1.807, 2.05) is 35.8 Å². The molecule has 5 N–H and O–H groups in total. The Morgan fingerprint density at radius 2 is 1.31 bits per heavy atom. The Morgan fingerprint density at radius 3 is 1.84 bits per heavy atom. The molecule has 0 spiro atoms. The Hall–Kier alpha value is -6.65. The van der Waals surface area contributed by atoms with Crippen molar-refractivity contribution in [2.75, 3.05) is 32.7 Å². The number of aliphatic hydroxyl groups is 2. The lowest BCUT2D eigenvalue weighted by atomic mass is 9.91. The number of carbonyl (C=O) groups excluding carboxylic acids is 1. The van der Waals surface area contributed by atoms with Gasteiger partial charge in [0.15, 0.2) is 18.2 Å². The van der Waals surface area contributed by atoms with Crippen LogP contribution in [0.5, 0.6) is 0 Å². The molecule has 38 heteroatoms. The van der Waals surface area contributed by atoms with Gasteiger partial charge in [0.2, 0.25) is 0 Å². The first-order valence-electron chi connectivity index (χ1n) is 29.5. The Morgan fingerprint density at radius 1 is 0.760 bits per heavy atom. The van der Waals surface area contributed by atoms with Gasteiger partial charge >= 0.3 is 12.4 Å². The minimum atomic E-state index is -4.85. The highest BCUT2D eigenvalue weighted by Crippen LogP contribution is 2.45. The third-order valence-electron chi connectivity index (χ3n) is 15.6. The van der Waals surface area contributed by atoms with Crippen molar-refractivity contribution >= 4 is 83.5 Å². The van der Waals surface area contributed by atoms with Gasteiger partial charge in [-0.2, -0.15) is 26.3 Å². The number of thioether (sulfide) groups is 1. The Bertz CT molecular complexity index is 4140. The molecule has 0 aliphatic carbocycles. The molecule has 21 nitrogen and oxygen atoms in total. The van der Waals surface area contributed by atoms with Gasteiger partial charge in [0, 0.05) is 26.7 Å². The topological polar surface area (TPSA) is 255 Å². The van der Waals surface area contributed by atoms with E-state index in [2.05, 4.69) is 67.7 Å². The van der Waals surface area contributed by atoms with Gasteiger partial charge in [-0.15, -0.1) is 32.2 Å². The first kappa shape index (κ1) is 77.5. The van der Waals surface area contributed by atoms with Crippen LogP contribution >= 0.6 is 66.8 Å². The van der Waals surface area contributed by atoms with Crippen LogP contribution in [-0.2, 0) is 45.6 Å². The lowest BCUT2D eigenvalue weighted by molar-refractivity contribution is -0.317. The maximum absolute atomic E-state index is 14.5. The number of carbonyl (C=O) groups is 1. The molecule has 3 saturated heterocycles. The maximum Gasteiger partial charge on any atom is 0.418 e. The highest BCUT2D eigenvalue weighted by molar-refractivity contribution is 9.10. The molecule has 0 radical (unpaired) electrons. The largest absolute Gasteiger partial charge is 0.418 e. The summed E-state index contributed by atoms with van der Waals surface area (Å²) in [6, 6.07) is 18.8. The smallest absolute Gasteiger partial charge is 0.394 e. The van der Waals surface area contributed by atoms with E-state index in [1.54, 1.807) is 39.2 Å². The molecule has 8 aromatic rings. The van der Waals surface area contributed by atoms with E-state index in [1.165, 1.54) is 60.0 Å². The molecular formula is C62H58Br2Cl2F12N12O9S. The number of hydrogen-bond acceptors (Lipinski definition) is 18. The van der Waals surface area contributed by atoms with Crippen LogP contribution in [0, 0.1) is 32.4 Å². The van der Waals surface area contributed by atoms with E-state index < -0.39 is 147 Å². The number of nitrogens with zero attached hydrogens (tertiary/aromatic N) is 10. The van der Waals surface area contributed by atoms with Gasteiger partial charge in [0.25, 0.3) is 18.8 Å². The molecule has 3 aliphatic rings. The fourth-order valence-corrected chi connectivity index (χ4v) is 12.0. The monoisotopic (exact) mass is 1600 g/mol. The lowest BCUT2D eigenvalue weighted by Gasteiger charge is -2.48. The summed E-state index contributed by atoms with van der Waals surface area (Å²) in [4.78, 5) is 16.6. The zero-order valence-corrected chi connectivity index (χ0v) is 57.9. The average Bonchev–Trinajstić information content (AvgIpc) is 1.41. The van der Waals surface area contributed by atoms with Crippen LogP contribution in [0.15, 0.2) is 117 Å². The number of nitrogens with one attached hydrogen (secondary N) is 1. The van der Waals surface area contributed by atoms with Crippen LogP contribution in [-0.4, -0.2) is 154 Å². The second-order valence-corrected chi connectivity index (χ2v) is 25.8. The van der Waals surface area contributed by atoms with E-state index >= 15 is 0 Å². The number of benzene rings is 5. The molecule has 0 saturated carbocycles. The van der Waals surface area contributed by atoms with Crippen molar-refractivity contribution in [1.29, 1.82) is 0 Å². The van der Waals surface area contributed by atoms with Crippen molar-refractivity contribution in [3.8, 4) is 28.2 Å². The number of halogens is 16. The molecule has 100 heavy (non-hydrogen) atoms. The van der Waals surface area contributed by atoms with Crippen LogP contribution in [0.25, 0.3) is 28.2 Å². The number of hydrazine groups is 1. The lowest BCUT2D eigenvalue weighted by Crippen LogP contribution is -2.63. The number of aliphatic imine (C=N–C) groups is 1. The molecule has 3 fully saturated rings. The van der Waals surface area contributed by atoms with E-state index in [0.717, 1.165) is 39.1 Å². The number of fused-ring (bicyclic) bond motifs is 1. The molecule has 6 heterocycles. The Labute approximate surface area is 591 Å². The summed E-state index contributed by atoms with van der Waals surface area (Å²) in [6.07, 6.45) is -21.9. The van der Waals surface area contributed by atoms with Crippen molar-refractivity contribution < 1.29 is 96.1 Å². The summed E-state index contributed by atoms with van der Waals surface area (Å²) < 4.78 is 201. The van der Waals surface area contributed by atoms with E-state index in [0.29, 0.717) is 37.5 Å². The van der Waals surface area contributed by atoms with Gasteiger partial charge in [-0.3, -0.25) is 14.8 Å². The Balaban J connectivity index is 0.000000193. The highest BCUT2D eigenvalue weighted by atomic mass is 79.9. The van der Waals surface area contributed by atoms with Crippen LogP contribution in [0.2, 0.25) is 10.0 Å². The van der Waals surface area contributed by atoms with Gasteiger partial charge < -0.3 is 38.6 Å². The summed E-state index contributed by atoms with van der Waals surface area (Å²) in [5.41, 5.74) is 2.59. The SMILES string of the molecule is CSC(C)=Nc1cc(Cl)ccc1C(F)(F)F.Cc1cc(-c2cn([C@H]3[C@@H](O)[C@@H](CO)O[C@@H](c4nnc(C)n4-c4cc(Cl)ccc4C(F)(F)F)[C@@H]3OCC(F)F)nn2)cc(F)c1Br.Cc1cc(-c2cn([C@H]3[C@H]4OC(c5ccccc5)OC[C@H]4O[C@@H](C(=O)NN)[C@@H]3OCC(F)F)nn2)cc(F)c1Br. The minimum Gasteiger partial charge on any atom is -0.394 e. The van der Waals surface area contributed by atoms with Crippen molar-refractivity contribution in [3.05, 3.63) is 173 Å². The van der Waals surface area contributed by atoms with Gasteiger partial charge in [0.05, 0.1) is 62.1 Å². The number of aryl methyl sites for hydroxylation is 3.